The smallest absolute Gasteiger partial charge is 0.269 e. The number of non-ortho nitro benzene ring substituents is 1. The topological polar surface area (TPSA) is 91.2 Å². The van der Waals surface area contributed by atoms with E-state index in [0.29, 0.717) is 16.5 Å². The second-order valence-corrected chi connectivity index (χ2v) is 5.78. The Morgan fingerprint density at radius 2 is 1.88 bits per heavy atom. The second kappa shape index (κ2) is 6.29. The van der Waals surface area contributed by atoms with E-state index >= 15 is 0 Å². The average molecular weight is 347 g/mol. The zero-order chi connectivity index (χ0) is 18.1. The maximum absolute atomic E-state index is 13.0. The lowest BCUT2D eigenvalue weighted by atomic mass is 9.98. The fourth-order valence-corrected chi connectivity index (χ4v) is 2.99. The molecule has 0 saturated carbocycles. The summed E-state index contributed by atoms with van der Waals surface area (Å²) in [6, 6.07) is 12.6. The molecule has 0 aliphatic carbocycles. The molecule has 0 amide bonds. The van der Waals surface area contributed by atoms with Crippen LogP contribution in [0.5, 0.6) is 0 Å². The molecule has 0 fully saturated rings. The van der Waals surface area contributed by atoms with Gasteiger partial charge < -0.3 is 8.98 Å². The Bertz CT molecular complexity index is 1130. The van der Waals surface area contributed by atoms with E-state index < -0.39 is 11.0 Å². The third-order valence-electron chi connectivity index (χ3n) is 4.24. The van der Waals surface area contributed by atoms with Crippen molar-refractivity contribution in [2.45, 2.75) is 6.04 Å². The number of benzene rings is 2. The molecular formula is C19H13N3O4. The van der Waals surface area contributed by atoms with Crippen LogP contribution in [-0.4, -0.2) is 14.5 Å². The summed E-state index contributed by atoms with van der Waals surface area (Å²) in [6.45, 7) is 0. The van der Waals surface area contributed by atoms with Crippen LogP contribution < -0.4 is 5.43 Å². The molecule has 2 aromatic heterocycles. The Balaban J connectivity index is 1.91. The highest BCUT2D eigenvalue weighted by Crippen LogP contribution is 2.27. The van der Waals surface area contributed by atoms with Crippen molar-refractivity contribution >= 4 is 16.7 Å². The van der Waals surface area contributed by atoms with Gasteiger partial charge in [0.15, 0.2) is 5.43 Å². The highest BCUT2D eigenvalue weighted by atomic mass is 16.6. The van der Waals surface area contributed by atoms with Gasteiger partial charge in [-0.25, -0.2) is 4.98 Å². The molecule has 0 aliphatic rings. The highest BCUT2D eigenvalue weighted by Gasteiger charge is 2.22. The number of hydrogen-bond donors (Lipinski definition) is 0. The van der Waals surface area contributed by atoms with E-state index in [-0.39, 0.29) is 11.1 Å². The van der Waals surface area contributed by atoms with E-state index in [4.69, 9.17) is 4.42 Å². The predicted molar refractivity (Wildman–Crippen MR) is 95.0 cm³/mol. The van der Waals surface area contributed by atoms with Crippen LogP contribution in [0.3, 0.4) is 0 Å². The number of aromatic nitrogens is 2. The van der Waals surface area contributed by atoms with Crippen molar-refractivity contribution in [1.82, 2.24) is 9.55 Å². The van der Waals surface area contributed by atoms with Crippen LogP contribution in [0.1, 0.15) is 17.2 Å². The molecule has 7 nitrogen and oxygen atoms in total. The van der Waals surface area contributed by atoms with Gasteiger partial charge in [-0.15, -0.1) is 0 Å². The first-order valence-electron chi connectivity index (χ1n) is 7.87. The SMILES string of the molecule is O=c1c([C@@H](c2ccc([N+](=O)[O-])cc2)n2ccnc2)coc2ccccc12. The number of hydrogen-bond acceptors (Lipinski definition) is 5. The molecule has 0 aliphatic heterocycles. The van der Waals surface area contributed by atoms with Gasteiger partial charge in [0.05, 0.1) is 28.2 Å². The summed E-state index contributed by atoms with van der Waals surface area (Å²) in [4.78, 5) is 27.5. The molecule has 128 valence electrons. The summed E-state index contributed by atoms with van der Waals surface area (Å²) < 4.78 is 7.41. The standard InChI is InChI=1S/C19H13N3O4/c23-19-15-3-1-2-4-17(15)26-11-16(19)18(21-10-9-20-12-21)13-5-7-14(8-6-13)22(24)25/h1-12,18H/t18-/m1/s1. The molecule has 7 heteroatoms. The van der Waals surface area contributed by atoms with Gasteiger partial charge in [-0.2, -0.15) is 0 Å². The molecule has 1 atom stereocenters. The fourth-order valence-electron chi connectivity index (χ4n) is 2.99. The monoisotopic (exact) mass is 347 g/mol. The van der Waals surface area contributed by atoms with E-state index in [2.05, 4.69) is 4.98 Å². The van der Waals surface area contributed by atoms with E-state index in [1.165, 1.54) is 18.4 Å². The van der Waals surface area contributed by atoms with Crippen LogP contribution in [-0.2, 0) is 0 Å². The van der Waals surface area contributed by atoms with E-state index in [0.717, 1.165) is 5.56 Å². The summed E-state index contributed by atoms with van der Waals surface area (Å²) >= 11 is 0. The van der Waals surface area contributed by atoms with Gasteiger partial charge in [-0.3, -0.25) is 14.9 Å². The van der Waals surface area contributed by atoms with Gasteiger partial charge in [0.2, 0.25) is 0 Å². The molecule has 0 saturated heterocycles. The van der Waals surface area contributed by atoms with Crippen molar-refractivity contribution in [3.8, 4) is 0 Å². The quantitative estimate of drug-likeness (QED) is 0.416. The average Bonchev–Trinajstić information content (AvgIpc) is 3.19. The van der Waals surface area contributed by atoms with Crippen molar-refractivity contribution in [2.75, 3.05) is 0 Å². The Morgan fingerprint density at radius 1 is 1.12 bits per heavy atom. The van der Waals surface area contributed by atoms with Crippen molar-refractivity contribution in [1.29, 1.82) is 0 Å². The lowest BCUT2D eigenvalue weighted by molar-refractivity contribution is -0.384. The van der Waals surface area contributed by atoms with E-state index in [1.54, 1.807) is 59.7 Å². The van der Waals surface area contributed by atoms with Crippen molar-refractivity contribution < 1.29 is 9.34 Å². The number of nitro groups is 1. The first kappa shape index (κ1) is 15.8. The predicted octanol–water partition coefficient (Wildman–Crippen LogP) is 3.54. The second-order valence-electron chi connectivity index (χ2n) is 5.78. The van der Waals surface area contributed by atoms with Gasteiger partial charge in [-0.1, -0.05) is 12.1 Å². The first-order chi connectivity index (χ1) is 12.6. The summed E-state index contributed by atoms with van der Waals surface area (Å²) in [5.41, 5.74) is 1.49. The molecule has 2 aromatic carbocycles. The molecule has 26 heavy (non-hydrogen) atoms. The number of nitrogens with zero attached hydrogens (tertiary/aromatic N) is 3. The van der Waals surface area contributed by atoms with Crippen molar-refractivity contribution in [3.63, 3.8) is 0 Å². The first-order valence-corrected chi connectivity index (χ1v) is 7.87. The molecule has 0 bridgehead atoms. The number of imidazole rings is 1. The Labute approximate surface area is 147 Å². The summed E-state index contributed by atoms with van der Waals surface area (Å²) in [5, 5.41) is 11.4. The van der Waals surface area contributed by atoms with Crippen molar-refractivity contribution in [2.24, 2.45) is 0 Å². The highest BCUT2D eigenvalue weighted by molar-refractivity contribution is 5.76. The van der Waals surface area contributed by atoms with Gasteiger partial charge >= 0.3 is 0 Å². The summed E-state index contributed by atoms with van der Waals surface area (Å²) in [6.07, 6.45) is 6.39. The van der Waals surface area contributed by atoms with Gasteiger partial charge in [0.1, 0.15) is 11.8 Å². The molecule has 0 unspecified atom stereocenters. The van der Waals surface area contributed by atoms with Crippen LogP contribution in [0.15, 0.2) is 82.7 Å². The van der Waals surface area contributed by atoms with Gasteiger partial charge in [0.25, 0.3) is 5.69 Å². The maximum Gasteiger partial charge on any atom is 0.269 e. The number of fused-ring (bicyclic) bond motifs is 1. The van der Waals surface area contributed by atoms with Crippen LogP contribution in [0.25, 0.3) is 11.0 Å². The molecular weight excluding hydrogens is 334 g/mol. The maximum atomic E-state index is 13.0. The number of para-hydroxylation sites is 1. The van der Waals surface area contributed by atoms with Crippen LogP contribution in [0.4, 0.5) is 5.69 Å². The molecule has 4 rings (SSSR count). The van der Waals surface area contributed by atoms with E-state index in [9.17, 15) is 14.9 Å². The molecule has 0 spiro atoms. The van der Waals surface area contributed by atoms with Gasteiger partial charge in [0, 0.05) is 24.5 Å². The fraction of sp³-hybridized carbons (Fsp3) is 0.0526. The lowest BCUT2D eigenvalue weighted by Crippen LogP contribution is -2.19. The molecule has 0 N–H and O–H groups in total. The zero-order valence-electron chi connectivity index (χ0n) is 13.5. The number of rotatable bonds is 4. The van der Waals surface area contributed by atoms with Crippen LogP contribution in [0.2, 0.25) is 0 Å². The molecule has 4 aromatic rings. The Kier molecular flexibility index (Phi) is 3.81. The third kappa shape index (κ3) is 2.65. The minimum Gasteiger partial charge on any atom is -0.464 e. The Morgan fingerprint density at radius 3 is 2.58 bits per heavy atom. The summed E-state index contributed by atoms with van der Waals surface area (Å²) in [5.74, 6) is 0. The summed E-state index contributed by atoms with van der Waals surface area (Å²) in [7, 11) is 0. The molecule has 2 heterocycles. The van der Waals surface area contributed by atoms with Crippen LogP contribution >= 0.6 is 0 Å². The largest absolute Gasteiger partial charge is 0.464 e. The minimum atomic E-state index is -0.501. The van der Waals surface area contributed by atoms with E-state index in [1.807, 2.05) is 0 Å². The molecule has 0 radical (unpaired) electrons. The third-order valence-corrected chi connectivity index (χ3v) is 4.24. The van der Waals surface area contributed by atoms with Crippen LogP contribution in [0, 0.1) is 10.1 Å². The Hall–Kier alpha value is -3.74. The minimum absolute atomic E-state index is 0.0105. The van der Waals surface area contributed by atoms with Crippen molar-refractivity contribution in [3.05, 3.63) is 105 Å². The van der Waals surface area contributed by atoms with Gasteiger partial charge in [-0.05, 0) is 29.8 Å². The zero-order valence-corrected chi connectivity index (χ0v) is 13.5. The normalized spacial score (nSPS) is 12.2. The number of nitro benzene ring substituents is 1. The lowest BCUT2D eigenvalue weighted by Gasteiger charge is -2.18.